The molecule has 4 aromatic carbocycles. The molecule has 0 N–H and O–H groups in total. The molecule has 0 unspecified atom stereocenters. The second kappa shape index (κ2) is 10.8. The Labute approximate surface area is 196 Å². The Kier molecular flexibility index (Phi) is 7.11. The van der Waals surface area contributed by atoms with Crippen LogP contribution in [0.15, 0.2) is 127 Å². The van der Waals surface area contributed by atoms with Crippen LogP contribution in [0.1, 0.15) is 23.6 Å². The van der Waals surface area contributed by atoms with Gasteiger partial charge in [0.2, 0.25) is 0 Å². The van der Waals surface area contributed by atoms with Crippen molar-refractivity contribution >= 4 is 11.6 Å². The maximum absolute atomic E-state index is 10.1. The lowest BCUT2D eigenvalue weighted by Crippen LogP contribution is -1.90. The molecular weight excluding hydrogens is 398 g/mol. The quantitative estimate of drug-likeness (QED) is 0.285. The van der Waals surface area contributed by atoms with Crippen LogP contribution in [0.3, 0.4) is 0 Å². The Morgan fingerprint density at radius 2 is 1.39 bits per heavy atom. The van der Waals surface area contributed by atoms with Crippen LogP contribution in [0.2, 0.25) is 0 Å². The highest BCUT2D eigenvalue weighted by molar-refractivity contribution is 5.84. The Morgan fingerprint density at radius 3 is 2.12 bits per heavy atom. The predicted octanol–water partition coefficient (Wildman–Crippen LogP) is 8.57. The standard InChI is InChI=1S/C32H25N/c1-2-3-12-27(25-13-6-4-7-14-25)21-22-28-17-11-20-31(32(28)24-33)30-19-10-18-29(23-30)26-15-8-5-9-16-26/h2-23H,1H3/b3-2-,22-21+,27-12+. The third-order valence-corrected chi connectivity index (χ3v) is 5.51. The van der Waals surface area contributed by atoms with Crippen molar-refractivity contribution in [3.05, 3.63) is 144 Å². The van der Waals surface area contributed by atoms with Gasteiger partial charge < -0.3 is 0 Å². The van der Waals surface area contributed by atoms with E-state index < -0.39 is 0 Å². The molecule has 4 rings (SSSR count). The minimum absolute atomic E-state index is 0.678. The first-order valence-corrected chi connectivity index (χ1v) is 11.1. The zero-order chi connectivity index (χ0) is 22.9. The summed E-state index contributed by atoms with van der Waals surface area (Å²) < 4.78 is 0. The van der Waals surface area contributed by atoms with Gasteiger partial charge in [0.25, 0.3) is 0 Å². The van der Waals surface area contributed by atoms with E-state index in [0.29, 0.717) is 5.56 Å². The summed E-state index contributed by atoms with van der Waals surface area (Å²) in [4.78, 5) is 0. The fraction of sp³-hybridized carbons (Fsp3) is 0.0312. The van der Waals surface area contributed by atoms with Crippen LogP contribution in [0, 0.1) is 11.3 Å². The molecule has 158 valence electrons. The lowest BCUT2D eigenvalue weighted by Gasteiger charge is -2.10. The van der Waals surface area contributed by atoms with Crippen LogP contribution in [0.4, 0.5) is 0 Å². The van der Waals surface area contributed by atoms with E-state index in [1.807, 2.05) is 79.7 Å². The second-order valence-electron chi connectivity index (χ2n) is 7.68. The molecule has 0 aliphatic rings. The van der Waals surface area contributed by atoms with E-state index in [1.54, 1.807) is 0 Å². The van der Waals surface area contributed by atoms with Crippen molar-refractivity contribution < 1.29 is 0 Å². The minimum Gasteiger partial charge on any atom is -0.192 e. The fourth-order valence-electron chi connectivity index (χ4n) is 3.83. The third-order valence-electron chi connectivity index (χ3n) is 5.51. The van der Waals surface area contributed by atoms with Gasteiger partial charge >= 0.3 is 0 Å². The van der Waals surface area contributed by atoms with Gasteiger partial charge in [0.15, 0.2) is 0 Å². The molecule has 0 spiro atoms. The molecule has 0 saturated heterocycles. The van der Waals surface area contributed by atoms with Crippen molar-refractivity contribution in [1.29, 1.82) is 5.26 Å². The van der Waals surface area contributed by atoms with Gasteiger partial charge in [0, 0.05) is 5.56 Å². The van der Waals surface area contributed by atoms with Gasteiger partial charge in [-0.2, -0.15) is 5.26 Å². The first-order chi connectivity index (χ1) is 16.3. The highest BCUT2D eigenvalue weighted by Crippen LogP contribution is 2.31. The highest BCUT2D eigenvalue weighted by Gasteiger charge is 2.10. The predicted molar refractivity (Wildman–Crippen MR) is 140 cm³/mol. The van der Waals surface area contributed by atoms with E-state index in [2.05, 4.69) is 66.8 Å². The molecule has 0 amide bonds. The van der Waals surface area contributed by atoms with E-state index in [4.69, 9.17) is 0 Å². The highest BCUT2D eigenvalue weighted by atomic mass is 14.3. The van der Waals surface area contributed by atoms with E-state index in [1.165, 1.54) is 0 Å². The first-order valence-electron chi connectivity index (χ1n) is 11.1. The average Bonchev–Trinajstić information content (AvgIpc) is 2.89. The van der Waals surface area contributed by atoms with Crippen LogP contribution in [-0.4, -0.2) is 0 Å². The summed E-state index contributed by atoms with van der Waals surface area (Å²) in [5.41, 5.74) is 8.09. The topological polar surface area (TPSA) is 23.8 Å². The van der Waals surface area contributed by atoms with Gasteiger partial charge in [-0.1, -0.05) is 127 Å². The van der Waals surface area contributed by atoms with Crippen molar-refractivity contribution in [3.63, 3.8) is 0 Å². The molecule has 0 aliphatic carbocycles. The first kappa shape index (κ1) is 21.8. The summed E-state index contributed by atoms with van der Waals surface area (Å²) >= 11 is 0. The second-order valence-corrected chi connectivity index (χ2v) is 7.68. The maximum atomic E-state index is 10.1. The molecule has 0 bridgehead atoms. The monoisotopic (exact) mass is 423 g/mol. The maximum Gasteiger partial charge on any atom is 0.100 e. The van der Waals surface area contributed by atoms with Gasteiger partial charge in [-0.15, -0.1) is 0 Å². The molecular formula is C32H25N. The van der Waals surface area contributed by atoms with E-state index >= 15 is 0 Å². The van der Waals surface area contributed by atoms with Gasteiger partial charge in [0.05, 0.1) is 5.56 Å². The molecule has 0 aliphatic heterocycles. The van der Waals surface area contributed by atoms with Crippen molar-refractivity contribution in [2.75, 3.05) is 0 Å². The number of nitrogens with zero attached hydrogens (tertiary/aromatic N) is 1. The molecule has 0 atom stereocenters. The summed E-state index contributed by atoms with van der Waals surface area (Å²) in [5, 5.41) is 10.1. The van der Waals surface area contributed by atoms with Crippen molar-refractivity contribution in [2.45, 2.75) is 6.92 Å². The normalized spacial score (nSPS) is 11.7. The van der Waals surface area contributed by atoms with E-state index in [9.17, 15) is 5.26 Å². The lowest BCUT2D eigenvalue weighted by molar-refractivity contribution is 1.46. The van der Waals surface area contributed by atoms with Crippen LogP contribution in [0.25, 0.3) is 33.9 Å². The van der Waals surface area contributed by atoms with Crippen LogP contribution in [0.5, 0.6) is 0 Å². The molecule has 1 heteroatoms. The molecule has 0 radical (unpaired) electrons. The zero-order valence-corrected chi connectivity index (χ0v) is 18.6. The smallest absolute Gasteiger partial charge is 0.100 e. The Morgan fingerprint density at radius 1 is 0.727 bits per heavy atom. The Bertz CT molecular complexity index is 1350. The zero-order valence-electron chi connectivity index (χ0n) is 18.6. The van der Waals surface area contributed by atoms with Crippen LogP contribution >= 0.6 is 0 Å². The van der Waals surface area contributed by atoms with Crippen molar-refractivity contribution in [3.8, 4) is 28.3 Å². The van der Waals surface area contributed by atoms with E-state index in [0.717, 1.165) is 39.0 Å². The van der Waals surface area contributed by atoms with Gasteiger partial charge in [0.1, 0.15) is 6.07 Å². The molecule has 0 fully saturated rings. The molecule has 4 aromatic rings. The molecule has 1 nitrogen and oxygen atoms in total. The van der Waals surface area contributed by atoms with Gasteiger partial charge in [-0.25, -0.2) is 0 Å². The molecule has 0 heterocycles. The third kappa shape index (κ3) is 5.26. The van der Waals surface area contributed by atoms with E-state index in [-0.39, 0.29) is 0 Å². The minimum atomic E-state index is 0.678. The fourth-order valence-corrected chi connectivity index (χ4v) is 3.83. The lowest BCUT2D eigenvalue weighted by atomic mass is 9.93. The number of allylic oxidation sites excluding steroid dienone is 5. The number of nitriles is 1. The summed E-state index contributed by atoms with van der Waals surface area (Å²) in [6.07, 6.45) is 10.2. The summed E-state index contributed by atoms with van der Waals surface area (Å²) in [6, 6.07) is 37.4. The van der Waals surface area contributed by atoms with Gasteiger partial charge in [-0.3, -0.25) is 0 Å². The number of hydrogen-bond donors (Lipinski definition) is 0. The van der Waals surface area contributed by atoms with Crippen LogP contribution < -0.4 is 0 Å². The Balaban J connectivity index is 1.74. The SMILES string of the molecule is C\C=C/C=C(\C=C\c1cccc(-c2cccc(-c3ccccc3)c2)c1C#N)c1ccccc1. The summed E-state index contributed by atoms with van der Waals surface area (Å²) in [6.45, 7) is 2.00. The molecule has 0 aromatic heterocycles. The van der Waals surface area contributed by atoms with Crippen molar-refractivity contribution in [1.82, 2.24) is 0 Å². The van der Waals surface area contributed by atoms with Crippen LogP contribution in [-0.2, 0) is 0 Å². The number of benzene rings is 4. The Hall–Kier alpha value is -4.41. The largest absolute Gasteiger partial charge is 0.192 e. The molecule has 0 saturated carbocycles. The summed E-state index contributed by atoms with van der Waals surface area (Å²) in [5.74, 6) is 0. The van der Waals surface area contributed by atoms with Gasteiger partial charge in [-0.05, 0) is 46.4 Å². The number of rotatable bonds is 6. The summed E-state index contributed by atoms with van der Waals surface area (Å²) in [7, 11) is 0. The number of hydrogen-bond acceptors (Lipinski definition) is 1. The van der Waals surface area contributed by atoms with Crippen molar-refractivity contribution in [2.24, 2.45) is 0 Å². The molecule has 33 heavy (non-hydrogen) atoms. The average molecular weight is 424 g/mol.